The van der Waals surface area contributed by atoms with Crippen molar-refractivity contribution in [2.24, 2.45) is 0 Å². The highest BCUT2D eigenvalue weighted by atomic mass is 35.5. The third-order valence-corrected chi connectivity index (χ3v) is 5.01. The number of Topliss-reactive ketones (excluding diaryl/α,β-unsaturated/α-hetero) is 1. The van der Waals surface area contributed by atoms with Crippen molar-refractivity contribution >= 4 is 28.4 Å². The third-order valence-electron chi connectivity index (χ3n) is 4.70. The standard InChI is InChI=1S/C22H16ClF2N3O2/c1-12-15-8-13(10-26-22(15)28-27-12)9-18(29)20-16(23)6-7-19(21(20)25)30-11-14-4-2-3-5-17(14)24/h2-8,10H,9,11H2,1H3,(H,26,27,28). The molecule has 2 aromatic carbocycles. The lowest BCUT2D eigenvalue weighted by Crippen LogP contribution is -2.09. The van der Waals surface area contributed by atoms with E-state index in [1.165, 1.54) is 30.5 Å². The molecule has 0 aliphatic heterocycles. The number of halogens is 3. The van der Waals surface area contributed by atoms with Gasteiger partial charge in [-0.25, -0.2) is 13.8 Å². The second-order valence-electron chi connectivity index (χ2n) is 6.78. The molecule has 0 fully saturated rings. The Balaban J connectivity index is 1.58. The van der Waals surface area contributed by atoms with Crippen molar-refractivity contribution in [3.05, 3.63) is 87.7 Å². The summed E-state index contributed by atoms with van der Waals surface area (Å²) < 4.78 is 34.2. The quantitative estimate of drug-likeness (QED) is 0.429. The molecule has 5 nitrogen and oxygen atoms in total. The van der Waals surface area contributed by atoms with Crippen LogP contribution in [0.2, 0.25) is 5.02 Å². The molecule has 0 amide bonds. The van der Waals surface area contributed by atoms with Gasteiger partial charge < -0.3 is 4.74 Å². The predicted octanol–water partition coefficient (Wildman–Crippen LogP) is 5.20. The second-order valence-corrected chi connectivity index (χ2v) is 7.19. The Morgan fingerprint density at radius 3 is 2.80 bits per heavy atom. The first-order valence-corrected chi connectivity index (χ1v) is 9.49. The Kier molecular flexibility index (Phi) is 5.46. The molecule has 0 aliphatic carbocycles. The van der Waals surface area contributed by atoms with Crippen molar-refractivity contribution in [2.45, 2.75) is 20.0 Å². The first-order valence-electron chi connectivity index (χ1n) is 9.11. The van der Waals surface area contributed by atoms with Crippen LogP contribution in [0.25, 0.3) is 11.0 Å². The van der Waals surface area contributed by atoms with Gasteiger partial charge in [-0.05, 0) is 36.8 Å². The van der Waals surface area contributed by atoms with Crippen LogP contribution in [-0.4, -0.2) is 21.0 Å². The minimum Gasteiger partial charge on any atom is -0.486 e. The van der Waals surface area contributed by atoms with E-state index in [-0.39, 0.29) is 34.9 Å². The van der Waals surface area contributed by atoms with E-state index >= 15 is 4.39 Å². The van der Waals surface area contributed by atoms with E-state index in [4.69, 9.17) is 16.3 Å². The highest BCUT2D eigenvalue weighted by Gasteiger charge is 2.21. The summed E-state index contributed by atoms with van der Waals surface area (Å²) in [6.07, 6.45) is 1.42. The molecule has 0 saturated heterocycles. The Bertz CT molecular complexity index is 1260. The summed E-state index contributed by atoms with van der Waals surface area (Å²) in [4.78, 5) is 17.0. The molecule has 0 unspecified atom stereocenters. The highest BCUT2D eigenvalue weighted by Crippen LogP contribution is 2.29. The monoisotopic (exact) mass is 427 g/mol. The molecule has 0 radical (unpaired) electrons. The summed E-state index contributed by atoms with van der Waals surface area (Å²) in [7, 11) is 0. The number of aromatic nitrogens is 3. The summed E-state index contributed by atoms with van der Waals surface area (Å²) >= 11 is 6.10. The minimum absolute atomic E-state index is 0.0238. The molecule has 1 N–H and O–H groups in total. The average molecular weight is 428 g/mol. The fourth-order valence-electron chi connectivity index (χ4n) is 3.10. The number of ether oxygens (including phenoxy) is 1. The van der Waals surface area contributed by atoms with Gasteiger partial charge in [0.25, 0.3) is 0 Å². The van der Waals surface area contributed by atoms with E-state index in [2.05, 4.69) is 15.2 Å². The lowest BCUT2D eigenvalue weighted by Gasteiger charge is -2.12. The van der Waals surface area contributed by atoms with E-state index in [0.29, 0.717) is 11.2 Å². The molecule has 4 aromatic rings. The van der Waals surface area contributed by atoms with Gasteiger partial charge in [-0.15, -0.1) is 0 Å². The summed E-state index contributed by atoms with van der Waals surface area (Å²) in [6.45, 7) is 1.66. The van der Waals surface area contributed by atoms with E-state index in [9.17, 15) is 9.18 Å². The number of carbonyl (C=O) groups is 1. The number of hydrogen-bond acceptors (Lipinski definition) is 4. The number of benzene rings is 2. The number of H-pyrrole nitrogens is 1. The predicted molar refractivity (Wildman–Crippen MR) is 109 cm³/mol. The first kappa shape index (κ1) is 20.0. The van der Waals surface area contributed by atoms with Gasteiger partial charge in [-0.3, -0.25) is 9.89 Å². The van der Waals surface area contributed by atoms with Gasteiger partial charge >= 0.3 is 0 Å². The fraction of sp³-hybridized carbons (Fsp3) is 0.136. The molecule has 8 heteroatoms. The second kappa shape index (κ2) is 8.20. The maximum absolute atomic E-state index is 15.0. The summed E-state index contributed by atoms with van der Waals surface area (Å²) in [6, 6.07) is 10.5. The molecule has 0 atom stereocenters. The van der Waals surface area contributed by atoms with Gasteiger partial charge in [-0.1, -0.05) is 29.8 Å². The fourth-order valence-corrected chi connectivity index (χ4v) is 3.36. The zero-order valence-corrected chi connectivity index (χ0v) is 16.6. The molecule has 152 valence electrons. The number of rotatable bonds is 6. The molecular formula is C22H16ClF2N3O2. The Labute approximate surface area is 175 Å². The van der Waals surface area contributed by atoms with Gasteiger partial charge in [0, 0.05) is 29.3 Å². The summed E-state index contributed by atoms with van der Waals surface area (Å²) in [5, 5.41) is 7.63. The maximum Gasteiger partial charge on any atom is 0.181 e. The molecule has 0 aliphatic rings. The van der Waals surface area contributed by atoms with E-state index < -0.39 is 17.4 Å². The van der Waals surface area contributed by atoms with E-state index in [1.54, 1.807) is 18.2 Å². The molecule has 2 heterocycles. The van der Waals surface area contributed by atoms with Crippen LogP contribution in [0.15, 0.2) is 48.7 Å². The van der Waals surface area contributed by atoms with Gasteiger partial charge in [0.1, 0.15) is 12.4 Å². The maximum atomic E-state index is 15.0. The molecular weight excluding hydrogens is 412 g/mol. The molecule has 4 rings (SSSR count). The lowest BCUT2D eigenvalue weighted by atomic mass is 10.0. The van der Waals surface area contributed by atoms with Crippen LogP contribution in [0.3, 0.4) is 0 Å². The number of carbonyl (C=O) groups excluding carboxylic acids is 1. The topological polar surface area (TPSA) is 67.9 Å². The molecule has 0 bridgehead atoms. The van der Waals surface area contributed by atoms with Crippen molar-refractivity contribution in [2.75, 3.05) is 0 Å². The van der Waals surface area contributed by atoms with Crippen molar-refractivity contribution in [3.63, 3.8) is 0 Å². The third kappa shape index (κ3) is 3.89. The van der Waals surface area contributed by atoms with Crippen molar-refractivity contribution in [1.82, 2.24) is 15.2 Å². The number of nitrogens with zero attached hydrogens (tertiary/aromatic N) is 2. The van der Waals surface area contributed by atoms with Crippen molar-refractivity contribution < 1.29 is 18.3 Å². The SMILES string of the molecule is Cc1[nH]nc2ncc(CC(=O)c3c(Cl)ccc(OCc4ccccc4F)c3F)cc12. The van der Waals surface area contributed by atoms with Gasteiger partial charge in [0.05, 0.1) is 10.6 Å². The van der Waals surface area contributed by atoms with Crippen LogP contribution < -0.4 is 4.74 Å². The van der Waals surface area contributed by atoms with Gasteiger partial charge in [0.15, 0.2) is 23.0 Å². The first-order chi connectivity index (χ1) is 14.4. The number of fused-ring (bicyclic) bond motifs is 1. The Morgan fingerprint density at radius 1 is 1.20 bits per heavy atom. The number of nitrogens with one attached hydrogen (secondary N) is 1. The van der Waals surface area contributed by atoms with Gasteiger partial charge in [0.2, 0.25) is 0 Å². The number of hydrogen-bond donors (Lipinski definition) is 1. The van der Waals surface area contributed by atoms with Gasteiger partial charge in [-0.2, -0.15) is 5.10 Å². The van der Waals surface area contributed by atoms with Crippen molar-refractivity contribution in [1.29, 1.82) is 0 Å². The molecule has 2 aromatic heterocycles. The molecule has 0 saturated carbocycles. The van der Waals surface area contributed by atoms with Crippen LogP contribution in [0.4, 0.5) is 8.78 Å². The number of aryl methyl sites for hydroxylation is 1. The van der Waals surface area contributed by atoms with Crippen LogP contribution in [0.5, 0.6) is 5.75 Å². The largest absolute Gasteiger partial charge is 0.486 e. The van der Waals surface area contributed by atoms with Crippen molar-refractivity contribution in [3.8, 4) is 5.75 Å². The Morgan fingerprint density at radius 2 is 2.00 bits per heavy atom. The number of pyridine rings is 1. The average Bonchev–Trinajstić information content (AvgIpc) is 3.09. The normalized spacial score (nSPS) is 11.1. The zero-order chi connectivity index (χ0) is 21.3. The summed E-state index contributed by atoms with van der Waals surface area (Å²) in [5.74, 6) is -2.03. The van der Waals surface area contributed by atoms with E-state index in [0.717, 1.165) is 11.1 Å². The van der Waals surface area contributed by atoms with Crippen LogP contribution in [0.1, 0.15) is 27.2 Å². The molecule has 0 spiro atoms. The highest BCUT2D eigenvalue weighted by molar-refractivity contribution is 6.34. The zero-order valence-electron chi connectivity index (χ0n) is 15.9. The Hall–Kier alpha value is -3.32. The van der Waals surface area contributed by atoms with Crippen LogP contribution in [-0.2, 0) is 13.0 Å². The smallest absolute Gasteiger partial charge is 0.181 e. The number of ketones is 1. The molecule has 30 heavy (non-hydrogen) atoms. The minimum atomic E-state index is -0.877. The van der Waals surface area contributed by atoms with Crippen LogP contribution >= 0.6 is 11.6 Å². The number of aromatic amines is 1. The van der Waals surface area contributed by atoms with Crippen LogP contribution in [0, 0.1) is 18.6 Å². The summed E-state index contributed by atoms with van der Waals surface area (Å²) in [5.41, 5.74) is 1.96. The lowest BCUT2D eigenvalue weighted by molar-refractivity contribution is 0.0988. The van der Waals surface area contributed by atoms with E-state index in [1.807, 2.05) is 6.92 Å².